The van der Waals surface area contributed by atoms with Gasteiger partial charge in [-0.05, 0) is 0 Å². The Bertz CT molecular complexity index is 311. The monoisotopic (exact) mass is 258 g/mol. The molecule has 8 nitrogen and oxygen atoms in total. The van der Waals surface area contributed by atoms with Gasteiger partial charge < -0.3 is 20.7 Å². The summed E-state index contributed by atoms with van der Waals surface area (Å²) >= 11 is 0. The highest BCUT2D eigenvalue weighted by Crippen LogP contribution is 1.87. The average Bonchev–Trinajstić information content (AvgIpc) is 2.37. The highest BCUT2D eigenvalue weighted by Gasteiger charge is 2.23. The van der Waals surface area contributed by atoms with Crippen molar-refractivity contribution in [1.82, 2.24) is 21.3 Å². The molecule has 0 aromatic carbocycles. The summed E-state index contributed by atoms with van der Waals surface area (Å²) in [5.74, 6) is -0.728. The number of amides is 3. The molecule has 0 aliphatic carbocycles. The standard InChI is InChI=1S/C10H18N4O4/c1-18-3-2-11-8(15)6-14-10(17)7-4-13-9(16)5-12-7/h7,12H,2-6H2,1H3,(H,11,15)(H,13,16)(H,14,17). The van der Waals surface area contributed by atoms with Crippen molar-refractivity contribution in [3.63, 3.8) is 0 Å². The van der Waals surface area contributed by atoms with Gasteiger partial charge in [-0.3, -0.25) is 19.7 Å². The summed E-state index contributed by atoms with van der Waals surface area (Å²) in [4.78, 5) is 33.8. The van der Waals surface area contributed by atoms with Crippen LogP contribution in [0.2, 0.25) is 0 Å². The second-order valence-electron chi connectivity index (χ2n) is 3.80. The fourth-order valence-corrected chi connectivity index (χ4v) is 1.40. The van der Waals surface area contributed by atoms with Gasteiger partial charge in [-0.25, -0.2) is 0 Å². The number of ether oxygens (including phenoxy) is 1. The molecule has 0 bridgehead atoms. The van der Waals surface area contributed by atoms with Crippen LogP contribution >= 0.6 is 0 Å². The van der Waals surface area contributed by atoms with Crippen LogP contribution in [0.4, 0.5) is 0 Å². The number of hydrogen-bond donors (Lipinski definition) is 4. The summed E-state index contributed by atoms with van der Waals surface area (Å²) in [5, 5.41) is 10.4. The molecular formula is C10H18N4O4. The normalized spacial score (nSPS) is 18.9. The van der Waals surface area contributed by atoms with Gasteiger partial charge in [0.05, 0.1) is 19.7 Å². The van der Waals surface area contributed by atoms with Crippen LogP contribution < -0.4 is 21.3 Å². The van der Waals surface area contributed by atoms with Gasteiger partial charge in [0.25, 0.3) is 0 Å². The molecule has 1 atom stereocenters. The first-order chi connectivity index (χ1) is 8.63. The lowest BCUT2D eigenvalue weighted by Gasteiger charge is -2.22. The van der Waals surface area contributed by atoms with Crippen molar-refractivity contribution in [1.29, 1.82) is 0 Å². The molecule has 1 heterocycles. The zero-order valence-electron chi connectivity index (χ0n) is 10.2. The molecule has 0 aromatic rings. The number of nitrogens with one attached hydrogen (secondary N) is 4. The Kier molecular flexibility index (Phi) is 6.09. The van der Waals surface area contributed by atoms with Crippen molar-refractivity contribution in [3.8, 4) is 0 Å². The van der Waals surface area contributed by atoms with Crippen LogP contribution in [-0.2, 0) is 19.1 Å². The Morgan fingerprint density at radius 2 is 2.22 bits per heavy atom. The smallest absolute Gasteiger partial charge is 0.239 e. The van der Waals surface area contributed by atoms with E-state index in [2.05, 4.69) is 21.3 Å². The highest BCUT2D eigenvalue weighted by molar-refractivity contribution is 5.89. The van der Waals surface area contributed by atoms with Gasteiger partial charge in [0.1, 0.15) is 6.04 Å². The van der Waals surface area contributed by atoms with Crippen LogP contribution in [-0.4, -0.2) is 63.7 Å². The van der Waals surface area contributed by atoms with Crippen LogP contribution in [0, 0.1) is 0 Å². The molecule has 1 rings (SSSR count). The van der Waals surface area contributed by atoms with E-state index in [-0.39, 0.29) is 37.4 Å². The Labute approximate surface area is 105 Å². The molecule has 3 amide bonds. The third-order valence-corrected chi connectivity index (χ3v) is 2.38. The fourth-order valence-electron chi connectivity index (χ4n) is 1.40. The molecule has 0 aromatic heterocycles. The molecular weight excluding hydrogens is 240 g/mol. The SMILES string of the molecule is COCCNC(=O)CNC(=O)C1CNC(=O)CN1. The Morgan fingerprint density at radius 1 is 1.44 bits per heavy atom. The van der Waals surface area contributed by atoms with Crippen molar-refractivity contribution in [2.45, 2.75) is 6.04 Å². The van der Waals surface area contributed by atoms with Gasteiger partial charge >= 0.3 is 0 Å². The molecule has 1 fully saturated rings. The zero-order valence-corrected chi connectivity index (χ0v) is 10.2. The van der Waals surface area contributed by atoms with Gasteiger partial charge in [-0.2, -0.15) is 0 Å². The number of carbonyl (C=O) groups is 3. The number of rotatable bonds is 6. The van der Waals surface area contributed by atoms with Gasteiger partial charge in [0.2, 0.25) is 17.7 Å². The predicted molar refractivity (Wildman–Crippen MR) is 62.7 cm³/mol. The van der Waals surface area contributed by atoms with Crippen LogP contribution in [0.25, 0.3) is 0 Å². The van der Waals surface area contributed by atoms with Crippen molar-refractivity contribution in [2.24, 2.45) is 0 Å². The molecule has 1 aliphatic rings. The fraction of sp³-hybridized carbons (Fsp3) is 0.700. The second kappa shape index (κ2) is 7.62. The summed E-state index contributed by atoms with van der Waals surface area (Å²) in [7, 11) is 1.54. The maximum Gasteiger partial charge on any atom is 0.239 e. The minimum atomic E-state index is -0.491. The van der Waals surface area contributed by atoms with Crippen molar-refractivity contribution in [3.05, 3.63) is 0 Å². The largest absolute Gasteiger partial charge is 0.383 e. The first kappa shape index (κ1) is 14.4. The van der Waals surface area contributed by atoms with Crippen LogP contribution in [0.15, 0.2) is 0 Å². The molecule has 4 N–H and O–H groups in total. The van der Waals surface area contributed by atoms with Crippen LogP contribution in [0.3, 0.4) is 0 Å². The molecule has 18 heavy (non-hydrogen) atoms. The molecule has 1 unspecified atom stereocenters. The minimum Gasteiger partial charge on any atom is -0.383 e. The summed E-state index contributed by atoms with van der Waals surface area (Å²) < 4.78 is 4.77. The van der Waals surface area contributed by atoms with E-state index in [9.17, 15) is 14.4 Å². The third-order valence-electron chi connectivity index (χ3n) is 2.38. The van der Waals surface area contributed by atoms with E-state index in [4.69, 9.17) is 4.74 Å². The summed E-state index contributed by atoms with van der Waals surface area (Å²) in [5.41, 5.74) is 0. The molecule has 0 spiro atoms. The number of methoxy groups -OCH3 is 1. The topological polar surface area (TPSA) is 109 Å². The predicted octanol–water partition coefficient (Wildman–Crippen LogP) is -3.05. The first-order valence-corrected chi connectivity index (χ1v) is 5.67. The Balaban J connectivity index is 2.16. The molecule has 0 radical (unpaired) electrons. The molecule has 102 valence electrons. The molecule has 8 heteroatoms. The quantitative estimate of drug-likeness (QED) is 0.379. The van der Waals surface area contributed by atoms with Crippen molar-refractivity contribution >= 4 is 17.7 Å². The average molecular weight is 258 g/mol. The lowest BCUT2D eigenvalue weighted by molar-refractivity contribution is -0.129. The van der Waals surface area contributed by atoms with Gasteiger partial charge in [0.15, 0.2) is 0 Å². The summed E-state index contributed by atoms with van der Waals surface area (Å²) in [6.45, 7) is 1.08. The number of carbonyl (C=O) groups excluding carboxylic acids is 3. The van der Waals surface area contributed by atoms with E-state index in [1.807, 2.05) is 0 Å². The van der Waals surface area contributed by atoms with Crippen molar-refractivity contribution in [2.75, 3.05) is 39.9 Å². The maximum absolute atomic E-state index is 11.6. The van der Waals surface area contributed by atoms with E-state index in [1.165, 1.54) is 7.11 Å². The van der Waals surface area contributed by atoms with Gasteiger partial charge in [0, 0.05) is 20.2 Å². The van der Waals surface area contributed by atoms with E-state index in [1.54, 1.807) is 0 Å². The Morgan fingerprint density at radius 3 is 2.83 bits per heavy atom. The summed E-state index contributed by atoms with van der Waals surface area (Å²) in [6.07, 6.45) is 0. The van der Waals surface area contributed by atoms with E-state index in [0.717, 1.165) is 0 Å². The molecule has 1 saturated heterocycles. The number of piperazine rings is 1. The van der Waals surface area contributed by atoms with Gasteiger partial charge in [-0.15, -0.1) is 0 Å². The molecule has 0 saturated carbocycles. The summed E-state index contributed by atoms with van der Waals surface area (Å²) in [6, 6.07) is -0.491. The maximum atomic E-state index is 11.6. The Hall–Kier alpha value is -1.67. The van der Waals surface area contributed by atoms with Crippen LogP contribution in [0.5, 0.6) is 0 Å². The van der Waals surface area contributed by atoms with Gasteiger partial charge in [-0.1, -0.05) is 0 Å². The second-order valence-corrected chi connectivity index (χ2v) is 3.80. The van der Waals surface area contributed by atoms with Crippen LogP contribution in [0.1, 0.15) is 0 Å². The van der Waals surface area contributed by atoms with E-state index < -0.39 is 6.04 Å². The van der Waals surface area contributed by atoms with E-state index >= 15 is 0 Å². The molecule has 1 aliphatic heterocycles. The highest BCUT2D eigenvalue weighted by atomic mass is 16.5. The lowest BCUT2D eigenvalue weighted by Crippen LogP contribution is -2.58. The van der Waals surface area contributed by atoms with E-state index in [0.29, 0.717) is 13.2 Å². The third kappa shape index (κ3) is 5.11. The first-order valence-electron chi connectivity index (χ1n) is 5.67. The zero-order chi connectivity index (χ0) is 13.4. The lowest BCUT2D eigenvalue weighted by atomic mass is 10.2. The van der Waals surface area contributed by atoms with Crippen molar-refractivity contribution < 1.29 is 19.1 Å². The minimum absolute atomic E-state index is 0.0886. The number of hydrogen-bond acceptors (Lipinski definition) is 5.